The summed E-state index contributed by atoms with van der Waals surface area (Å²) in [6.07, 6.45) is -1.45. The molecule has 1 fully saturated rings. The van der Waals surface area contributed by atoms with Gasteiger partial charge in [-0.1, -0.05) is 31.0 Å². The highest BCUT2D eigenvalue weighted by atomic mass is 19.4. The number of alkyl halides is 3. The van der Waals surface area contributed by atoms with Gasteiger partial charge in [-0.3, -0.25) is 4.79 Å². The Morgan fingerprint density at radius 3 is 2.52 bits per heavy atom. The minimum Gasteiger partial charge on any atom is -0.344 e. The summed E-state index contributed by atoms with van der Waals surface area (Å²) < 4.78 is 39.0. The molecule has 1 aliphatic carbocycles. The van der Waals surface area contributed by atoms with Gasteiger partial charge in [0.2, 0.25) is 5.91 Å². The summed E-state index contributed by atoms with van der Waals surface area (Å²) >= 11 is 0. The standard InChI is InChI=1S/C17H23F3N2O/c1-21-10-11-22(2)15(23)16(8-3-4-9-16)13-6-5-7-14(12-13)17(18,19)20/h5-7,12,21H,3-4,8-11H2,1-2H3. The molecule has 0 bridgehead atoms. The molecular formula is C17H23F3N2O. The van der Waals surface area contributed by atoms with Crippen LogP contribution in [0.1, 0.15) is 36.8 Å². The Kier molecular flexibility index (Phi) is 5.34. The summed E-state index contributed by atoms with van der Waals surface area (Å²) in [6, 6.07) is 5.26. The van der Waals surface area contributed by atoms with Gasteiger partial charge in [0.25, 0.3) is 0 Å². The number of nitrogens with zero attached hydrogens (tertiary/aromatic N) is 1. The van der Waals surface area contributed by atoms with Gasteiger partial charge in [-0.15, -0.1) is 0 Å². The molecular weight excluding hydrogens is 305 g/mol. The van der Waals surface area contributed by atoms with Crippen LogP contribution in [0.25, 0.3) is 0 Å². The van der Waals surface area contributed by atoms with Gasteiger partial charge in [0.1, 0.15) is 0 Å². The van der Waals surface area contributed by atoms with Crippen LogP contribution in [0, 0.1) is 0 Å². The first-order chi connectivity index (χ1) is 10.8. The molecule has 0 heterocycles. The summed E-state index contributed by atoms with van der Waals surface area (Å²) in [5, 5.41) is 2.98. The van der Waals surface area contributed by atoms with Crippen molar-refractivity contribution in [3.8, 4) is 0 Å². The number of rotatable bonds is 5. The molecule has 0 spiro atoms. The second-order valence-corrected chi connectivity index (χ2v) is 6.20. The van der Waals surface area contributed by atoms with E-state index >= 15 is 0 Å². The lowest BCUT2D eigenvalue weighted by molar-refractivity contribution is -0.139. The Hall–Kier alpha value is -1.56. The maximum Gasteiger partial charge on any atom is 0.416 e. The van der Waals surface area contributed by atoms with E-state index in [1.165, 1.54) is 6.07 Å². The molecule has 3 nitrogen and oxygen atoms in total. The van der Waals surface area contributed by atoms with Crippen molar-refractivity contribution in [1.29, 1.82) is 0 Å². The molecule has 1 aromatic rings. The summed E-state index contributed by atoms with van der Waals surface area (Å²) in [5.41, 5.74) is -1.01. The minimum absolute atomic E-state index is 0.0791. The number of nitrogens with one attached hydrogen (secondary N) is 1. The van der Waals surface area contributed by atoms with Crippen molar-refractivity contribution in [2.45, 2.75) is 37.3 Å². The highest BCUT2D eigenvalue weighted by Gasteiger charge is 2.45. The number of carbonyl (C=O) groups is 1. The van der Waals surface area contributed by atoms with Crippen LogP contribution in [0.2, 0.25) is 0 Å². The van der Waals surface area contributed by atoms with Gasteiger partial charge < -0.3 is 10.2 Å². The molecule has 0 radical (unpaired) electrons. The summed E-state index contributed by atoms with van der Waals surface area (Å²) in [6.45, 7) is 1.19. The van der Waals surface area contributed by atoms with Crippen molar-refractivity contribution in [1.82, 2.24) is 10.2 Å². The zero-order valence-corrected chi connectivity index (χ0v) is 13.5. The monoisotopic (exact) mass is 328 g/mol. The van der Waals surface area contributed by atoms with Crippen LogP contribution in [0.3, 0.4) is 0 Å². The molecule has 0 unspecified atom stereocenters. The fourth-order valence-corrected chi connectivity index (χ4v) is 3.34. The van der Waals surface area contributed by atoms with Crippen molar-refractivity contribution < 1.29 is 18.0 Å². The quantitative estimate of drug-likeness (QED) is 0.900. The lowest BCUT2D eigenvalue weighted by Crippen LogP contribution is -2.45. The number of benzene rings is 1. The van der Waals surface area contributed by atoms with Gasteiger partial charge in [0, 0.05) is 20.1 Å². The first-order valence-corrected chi connectivity index (χ1v) is 7.89. The molecule has 0 aromatic heterocycles. The van der Waals surface area contributed by atoms with E-state index in [9.17, 15) is 18.0 Å². The van der Waals surface area contributed by atoms with Crippen molar-refractivity contribution in [3.05, 3.63) is 35.4 Å². The largest absolute Gasteiger partial charge is 0.416 e. The van der Waals surface area contributed by atoms with Crippen LogP contribution in [0.15, 0.2) is 24.3 Å². The average molecular weight is 328 g/mol. The summed E-state index contributed by atoms with van der Waals surface area (Å²) in [4.78, 5) is 14.6. The number of hydrogen-bond acceptors (Lipinski definition) is 2. The van der Waals surface area contributed by atoms with Gasteiger partial charge in [0.05, 0.1) is 11.0 Å². The van der Waals surface area contributed by atoms with E-state index in [4.69, 9.17) is 0 Å². The van der Waals surface area contributed by atoms with Crippen LogP contribution < -0.4 is 5.32 Å². The van der Waals surface area contributed by atoms with E-state index in [1.807, 2.05) is 0 Å². The van der Waals surface area contributed by atoms with Gasteiger partial charge in [-0.25, -0.2) is 0 Å². The van der Waals surface area contributed by atoms with Crippen LogP contribution in [0.5, 0.6) is 0 Å². The normalized spacial score (nSPS) is 17.3. The van der Waals surface area contributed by atoms with Gasteiger partial charge in [-0.05, 0) is 31.5 Å². The molecule has 2 rings (SSSR count). The third-order valence-corrected chi connectivity index (χ3v) is 4.65. The van der Waals surface area contributed by atoms with Crippen LogP contribution in [-0.4, -0.2) is 38.0 Å². The molecule has 0 saturated heterocycles. The van der Waals surface area contributed by atoms with Gasteiger partial charge >= 0.3 is 6.18 Å². The third kappa shape index (κ3) is 3.68. The fourth-order valence-electron chi connectivity index (χ4n) is 3.34. The maximum atomic E-state index is 13.0. The molecule has 1 aromatic carbocycles. The van der Waals surface area contributed by atoms with Gasteiger partial charge in [0.15, 0.2) is 0 Å². The molecule has 1 amide bonds. The van der Waals surface area contributed by atoms with E-state index in [0.29, 0.717) is 31.5 Å². The zero-order chi connectivity index (χ0) is 17.1. The van der Waals surface area contributed by atoms with Crippen LogP contribution >= 0.6 is 0 Å². The highest BCUT2D eigenvalue weighted by Crippen LogP contribution is 2.43. The van der Waals surface area contributed by atoms with Crippen molar-refractivity contribution in [3.63, 3.8) is 0 Å². The molecule has 128 valence electrons. The second kappa shape index (κ2) is 6.91. The topological polar surface area (TPSA) is 32.3 Å². The Labute approximate surface area is 134 Å². The Morgan fingerprint density at radius 2 is 1.96 bits per heavy atom. The molecule has 1 saturated carbocycles. The van der Waals surface area contributed by atoms with Crippen molar-refractivity contribution in [2.75, 3.05) is 27.2 Å². The van der Waals surface area contributed by atoms with Crippen molar-refractivity contribution in [2.24, 2.45) is 0 Å². The van der Waals surface area contributed by atoms with Crippen molar-refractivity contribution >= 4 is 5.91 Å². The maximum absolute atomic E-state index is 13.0. The third-order valence-electron chi connectivity index (χ3n) is 4.65. The Morgan fingerprint density at radius 1 is 1.30 bits per heavy atom. The predicted molar refractivity (Wildman–Crippen MR) is 83.2 cm³/mol. The lowest BCUT2D eigenvalue weighted by Gasteiger charge is -2.33. The predicted octanol–water partition coefficient (Wildman–Crippen LogP) is 3.20. The molecule has 1 aliphatic rings. The van der Waals surface area contributed by atoms with Gasteiger partial charge in [-0.2, -0.15) is 13.2 Å². The second-order valence-electron chi connectivity index (χ2n) is 6.20. The molecule has 0 atom stereocenters. The minimum atomic E-state index is -4.39. The zero-order valence-electron chi connectivity index (χ0n) is 13.5. The summed E-state index contributed by atoms with van der Waals surface area (Å²) in [7, 11) is 3.52. The van der Waals surface area contributed by atoms with E-state index in [-0.39, 0.29) is 5.91 Å². The number of halogens is 3. The Bertz CT molecular complexity index is 551. The molecule has 1 N–H and O–H groups in total. The van der Waals surface area contributed by atoms with E-state index < -0.39 is 17.2 Å². The smallest absolute Gasteiger partial charge is 0.344 e. The number of likely N-dealkylation sites (N-methyl/N-ethyl adjacent to an activating group) is 2. The highest BCUT2D eigenvalue weighted by molar-refractivity contribution is 5.88. The van der Waals surface area contributed by atoms with E-state index in [2.05, 4.69) is 5.32 Å². The van der Waals surface area contributed by atoms with Crippen LogP contribution in [-0.2, 0) is 16.4 Å². The van der Waals surface area contributed by atoms with Crippen LogP contribution in [0.4, 0.5) is 13.2 Å². The Balaban J connectivity index is 2.36. The number of hydrogen-bond donors (Lipinski definition) is 1. The van der Waals surface area contributed by atoms with E-state index in [0.717, 1.165) is 25.0 Å². The summed E-state index contributed by atoms with van der Waals surface area (Å²) in [5.74, 6) is -0.0791. The molecule has 0 aliphatic heterocycles. The first kappa shape index (κ1) is 17.8. The number of carbonyl (C=O) groups excluding carboxylic acids is 1. The fraction of sp³-hybridized carbons (Fsp3) is 0.588. The lowest BCUT2D eigenvalue weighted by atomic mass is 9.77. The number of amides is 1. The molecule has 23 heavy (non-hydrogen) atoms. The van der Waals surface area contributed by atoms with E-state index in [1.54, 1.807) is 25.1 Å². The first-order valence-electron chi connectivity index (χ1n) is 7.89. The SMILES string of the molecule is CNCCN(C)C(=O)C1(c2cccc(C(F)(F)F)c2)CCCC1. The molecule has 6 heteroatoms. The average Bonchev–Trinajstić information content (AvgIpc) is 3.02.